The summed E-state index contributed by atoms with van der Waals surface area (Å²) in [5.41, 5.74) is 0.0444. The second-order valence-corrected chi connectivity index (χ2v) is 11.7. The largest absolute Gasteiger partial charge is 0.376 e. The van der Waals surface area contributed by atoms with Crippen LogP contribution < -0.4 is 0 Å². The van der Waals surface area contributed by atoms with Gasteiger partial charge in [-0.25, -0.2) is 0 Å². The van der Waals surface area contributed by atoms with Crippen molar-refractivity contribution in [3.63, 3.8) is 0 Å². The molecule has 0 aromatic rings. The monoisotopic (exact) mass is 412 g/mol. The Kier molecular flexibility index (Phi) is 7.98. The van der Waals surface area contributed by atoms with Crippen molar-refractivity contribution >= 4 is 0 Å². The minimum absolute atomic E-state index is 0.0222. The van der Waals surface area contributed by atoms with Crippen molar-refractivity contribution in [3.8, 4) is 23.7 Å². The zero-order chi connectivity index (χ0) is 21.8. The molecule has 2 nitrogen and oxygen atoms in total. The van der Waals surface area contributed by atoms with Crippen LogP contribution in [0, 0.1) is 59.2 Å². The third-order valence-electron chi connectivity index (χ3n) is 7.10. The van der Waals surface area contributed by atoms with Gasteiger partial charge in [-0.1, -0.05) is 0 Å². The lowest BCUT2D eigenvalue weighted by Crippen LogP contribution is -2.21. The third-order valence-corrected chi connectivity index (χ3v) is 7.10. The number of hydrogen-bond acceptors (Lipinski definition) is 2. The fraction of sp³-hybridized carbons (Fsp3) is 0.857. The van der Waals surface area contributed by atoms with Gasteiger partial charge in [-0.15, -0.1) is 23.7 Å². The molecule has 0 spiro atoms. The normalized spacial score (nSPS) is 34.5. The van der Waals surface area contributed by atoms with E-state index in [0.717, 1.165) is 74.4 Å². The van der Waals surface area contributed by atoms with Gasteiger partial charge >= 0.3 is 0 Å². The molecule has 0 radical (unpaired) electrons. The summed E-state index contributed by atoms with van der Waals surface area (Å²) in [5, 5.41) is 0. The molecule has 0 saturated heterocycles. The van der Waals surface area contributed by atoms with Gasteiger partial charge in [0.15, 0.2) is 0 Å². The molecule has 2 saturated carbocycles. The van der Waals surface area contributed by atoms with Crippen LogP contribution in [0.25, 0.3) is 0 Å². The molecule has 30 heavy (non-hydrogen) atoms. The maximum Gasteiger partial charge on any atom is 0.0598 e. The maximum atomic E-state index is 5.89. The third kappa shape index (κ3) is 7.62. The van der Waals surface area contributed by atoms with E-state index in [1.54, 1.807) is 0 Å². The van der Waals surface area contributed by atoms with Crippen LogP contribution in [0.3, 0.4) is 0 Å². The number of rotatable bonds is 4. The molecule has 0 aromatic heterocycles. The molecule has 4 rings (SSSR count). The van der Waals surface area contributed by atoms with E-state index in [-0.39, 0.29) is 11.2 Å². The molecular formula is C28H44O2. The highest BCUT2D eigenvalue weighted by atomic mass is 16.5. The average molecular weight is 413 g/mol. The Hall–Kier alpha value is -0.960. The first kappa shape index (κ1) is 23.7. The Morgan fingerprint density at radius 1 is 0.533 bits per heavy atom. The van der Waals surface area contributed by atoms with Gasteiger partial charge in [-0.3, -0.25) is 0 Å². The smallest absolute Gasteiger partial charge is 0.0598 e. The fourth-order valence-electron chi connectivity index (χ4n) is 5.26. The van der Waals surface area contributed by atoms with Crippen LogP contribution in [0.4, 0.5) is 0 Å². The molecule has 0 bridgehead atoms. The molecular weight excluding hydrogens is 368 g/mol. The van der Waals surface area contributed by atoms with Gasteiger partial charge in [0.1, 0.15) is 0 Å². The van der Waals surface area contributed by atoms with Gasteiger partial charge in [0.25, 0.3) is 0 Å². The van der Waals surface area contributed by atoms with Crippen molar-refractivity contribution in [2.45, 2.75) is 104 Å². The Balaban J connectivity index is 0.000000171. The molecule has 2 unspecified atom stereocenters. The van der Waals surface area contributed by atoms with Gasteiger partial charge in [0.2, 0.25) is 0 Å². The van der Waals surface area contributed by atoms with Crippen molar-refractivity contribution in [2.24, 2.45) is 35.5 Å². The molecule has 0 heterocycles. The molecule has 2 heteroatoms. The molecule has 0 aromatic carbocycles. The van der Waals surface area contributed by atoms with Gasteiger partial charge < -0.3 is 9.47 Å². The van der Waals surface area contributed by atoms with Crippen LogP contribution in [0.2, 0.25) is 0 Å². The first-order chi connectivity index (χ1) is 14.2. The second-order valence-electron chi connectivity index (χ2n) is 11.7. The van der Waals surface area contributed by atoms with E-state index in [9.17, 15) is 0 Å². The second kappa shape index (κ2) is 10.1. The van der Waals surface area contributed by atoms with Crippen molar-refractivity contribution < 1.29 is 9.47 Å². The molecule has 4 aliphatic carbocycles. The Bertz CT molecular complexity index is 576. The topological polar surface area (TPSA) is 18.5 Å². The van der Waals surface area contributed by atoms with Crippen LogP contribution in [0.5, 0.6) is 0 Å². The van der Waals surface area contributed by atoms with E-state index in [0.29, 0.717) is 0 Å². The quantitative estimate of drug-likeness (QED) is 0.492. The number of hydrogen-bond donors (Lipinski definition) is 0. The Labute approximate surface area is 186 Å². The molecule has 2 fully saturated rings. The first-order valence-corrected chi connectivity index (χ1v) is 12.3. The maximum absolute atomic E-state index is 5.89. The lowest BCUT2D eigenvalue weighted by molar-refractivity contribution is -0.0125. The van der Waals surface area contributed by atoms with E-state index in [1.807, 2.05) is 0 Å². The lowest BCUT2D eigenvalue weighted by Gasteiger charge is -2.19. The average Bonchev–Trinajstić information content (AvgIpc) is 3.44. The molecule has 6 atom stereocenters. The summed E-state index contributed by atoms with van der Waals surface area (Å²) in [6.45, 7) is 14.8. The van der Waals surface area contributed by atoms with Gasteiger partial charge in [0, 0.05) is 25.7 Å². The Morgan fingerprint density at radius 3 is 1.03 bits per heavy atom. The SMILES string of the molecule is CC(C)(C)OCC1[C@H]2CCC#CCC[C@@H]12.CC(C)(C)OCC1[C@H]2CCC#CCC[C@@H]12. The summed E-state index contributed by atoms with van der Waals surface area (Å²) in [5.74, 6) is 18.3. The van der Waals surface area contributed by atoms with Gasteiger partial charge in [0.05, 0.1) is 24.4 Å². The summed E-state index contributed by atoms with van der Waals surface area (Å²) in [4.78, 5) is 0. The molecule has 168 valence electrons. The van der Waals surface area contributed by atoms with E-state index in [4.69, 9.17) is 9.47 Å². The highest BCUT2D eigenvalue weighted by Crippen LogP contribution is 2.53. The summed E-state index contributed by atoms with van der Waals surface area (Å²) >= 11 is 0. The molecule has 0 aliphatic heterocycles. The van der Waals surface area contributed by atoms with E-state index in [1.165, 1.54) is 25.7 Å². The number of ether oxygens (including phenoxy) is 2. The van der Waals surface area contributed by atoms with Crippen LogP contribution in [0.1, 0.15) is 92.9 Å². The van der Waals surface area contributed by atoms with Crippen LogP contribution in [-0.2, 0) is 9.47 Å². The van der Waals surface area contributed by atoms with Crippen molar-refractivity contribution in [3.05, 3.63) is 0 Å². The first-order valence-electron chi connectivity index (χ1n) is 12.3. The standard InChI is InChI=1S/2C14H22O/c2*1-14(2,3)15-10-13-11-8-6-4-5-7-9-12(11)13/h2*11-13H,6-10H2,1-3H3/t2*11-,12+,13?. The predicted octanol–water partition coefficient (Wildman–Crippen LogP) is 6.48. The van der Waals surface area contributed by atoms with E-state index >= 15 is 0 Å². The minimum Gasteiger partial charge on any atom is -0.376 e. The van der Waals surface area contributed by atoms with Crippen LogP contribution in [-0.4, -0.2) is 24.4 Å². The zero-order valence-electron chi connectivity index (χ0n) is 20.4. The summed E-state index contributed by atoms with van der Waals surface area (Å²) in [6, 6.07) is 0. The molecule has 0 amide bonds. The van der Waals surface area contributed by atoms with Crippen molar-refractivity contribution in [2.75, 3.05) is 13.2 Å². The van der Waals surface area contributed by atoms with Gasteiger partial charge in [-0.2, -0.15) is 0 Å². The highest BCUT2D eigenvalue weighted by molar-refractivity contribution is 5.08. The summed E-state index contributed by atoms with van der Waals surface area (Å²) in [7, 11) is 0. The van der Waals surface area contributed by atoms with E-state index < -0.39 is 0 Å². The predicted molar refractivity (Wildman–Crippen MR) is 125 cm³/mol. The summed E-state index contributed by atoms with van der Waals surface area (Å²) < 4.78 is 11.8. The highest BCUT2D eigenvalue weighted by Gasteiger charge is 2.49. The Morgan fingerprint density at radius 2 is 0.800 bits per heavy atom. The van der Waals surface area contributed by atoms with Crippen molar-refractivity contribution in [1.29, 1.82) is 0 Å². The van der Waals surface area contributed by atoms with Crippen molar-refractivity contribution in [1.82, 2.24) is 0 Å². The molecule has 0 N–H and O–H groups in total. The molecule has 4 aliphatic rings. The summed E-state index contributed by atoms with van der Waals surface area (Å²) in [6.07, 6.45) is 9.62. The fourth-order valence-corrected chi connectivity index (χ4v) is 5.26. The van der Waals surface area contributed by atoms with Crippen LogP contribution >= 0.6 is 0 Å². The zero-order valence-corrected chi connectivity index (χ0v) is 20.4. The number of fused-ring (bicyclic) bond motifs is 2. The lowest BCUT2D eigenvalue weighted by atomic mass is 10.1. The van der Waals surface area contributed by atoms with E-state index in [2.05, 4.69) is 65.2 Å². The van der Waals surface area contributed by atoms with Gasteiger partial charge in [-0.05, 0) is 103 Å². The minimum atomic E-state index is 0.0222. The van der Waals surface area contributed by atoms with Crippen LogP contribution in [0.15, 0.2) is 0 Å².